The van der Waals surface area contributed by atoms with Crippen LogP contribution in [-0.2, 0) is 0 Å². The summed E-state index contributed by atoms with van der Waals surface area (Å²) in [6.45, 7) is 0. The predicted molar refractivity (Wildman–Crippen MR) is 79.3 cm³/mol. The van der Waals surface area contributed by atoms with Crippen LogP contribution in [0.2, 0.25) is 0 Å². The number of rotatable bonds is 6. The molecule has 5 heteroatoms. The van der Waals surface area contributed by atoms with E-state index in [0.717, 1.165) is 33.9 Å². The molecule has 19 heavy (non-hydrogen) atoms. The molecule has 1 aliphatic carbocycles. The van der Waals surface area contributed by atoms with Gasteiger partial charge < -0.3 is 9.47 Å². The van der Waals surface area contributed by atoms with Gasteiger partial charge in [0.15, 0.2) is 0 Å². The minimum atomic E-state index is 0.113. The summed E-state index contributed by atoms with van der Waals surface area (Å²) in [4.78, 5) is 0. The quantitative estimate of drug-likeness (QED) is 0.622. The molecule has 0 spiro atoms. The Bertz CT molecular complexity index is 436. The minimum Gasteiger partial charge on any atom is -0.495 e. The maximum atomic E-state index is 5.72. The van der Waals surface area contributed by atoms with E-state index in [0.29, 0.717) is 0 Å². The van der Waals surface area contributed by atoms with Gasteiger partial charge in [0, 0.05) is 11.6 Å². The molecule has 1 aliphatic rings. The molecule has 0 heterocycles. The van der Waals surface area contributed by atoms with Gasteiger partial charge in [-0.1, -0.05) is 19.3 Å². The molecule has 1 atom stereocenters. The van der Waals surface area contributed by atoms with Gasteiger partial charge in [0.25, 0.3) is 0 Å². The molecule has 1 unspecified atom stereocenters. The van der Waals surface area contributed by atoms with E-state index in [1.54, 1.807) is 14.2 Å². The lowest BCUT2D eigenvalue weighted by Gasteiger charge is -2.30. The fourth-order valence-corrected chi connectivity index (χ4v) is 3.22. The van der Waals surface area contributed by atoms with Crippen LogP contribution < -0.4 is 20.7 Å². The molecule has 0 saturated heterocycles. The van der Waals surface area contributed by atoms with Crippen LogP contribution in [0.3, 0.4) is 0 Å². The van der Waals surface area contributed by atoms with E-state index in [1.807, 2.05) is 12.1 Å². The van der Waals surface area contributed by atoms with Crippen molar-refractivity contribution in [3.8, 4) is 11.5 Å². The average Bonchev–Trinajstić information content (AvgIpc) is 2.38. The molecular formula is C14H21BrN2O2. The van der Waals surface area contributed by atoms with Gasteiger partial charge in [0.2, 0.25) is 0 Å². The first-order valence-electron chi connectivity index (χ1n) is 6.57. The van der Waals surface area contributed by atoms with Gasteiger partial charge in [0.05, 0.1) is 14.2 Å². The van der Waals surface area contributed by atoms with Crippen molar-refractivity contribution in [1.82, 2.24) is 5.43 Å². The van der Waals surface area contributed by atoms with Crippen LogP contribution in [0, 0.1) is 5.92 Å². The van der Waals surface area contributed by atoms with Crippen molar-refractivity contribution in [3.05, 3.63) is 22.2 Å². The molecule has 1 fully saturated rings. The first kappa shape index (κ1) is 14.6. The topological polar surface area (TPSA) is 56.5 Å². The summed E-state index contributed by atoms with van der Waals surface area (Å²) in [5, 5.41) is 0. The lowest BCUT2D eigenvalue weighted by molar-refractivity contribution is 0.258. The molecule has 0 aromatic heterocycles. The van der Waals surface area contributed by atoms with Crippen LogP contribution in [0.15, 0.2) is 16.6 Å². The Morgan fingerprint density at radius 2 is 2.11 bits per heavy atom. The van der Waals surface area contributed by atoms with Crippen LogP contribution in [0.1, 0.15) is 37.3 Å². The lowest BCUT2D eigenvalue weighted by atomic mass is 9.79. The molecule has 0 amide bonds. The maximum Gasteiger partial charge on any atom is 0.141 e. The molecule has 1 aromatic rings. The minimum absolute atomic E-state index is 0.113. The predicted octanol–water partition coefficient (Wildman–Crippen LogP) is 3.16. The number of nitrogens with one attached hydrogen (secondary N) is 1. The molecule has 3 N–H and O–H groups in total. The van der Waals surface area contributed by atoms with Gasteiger partial charge in [-0.2, -0.15) is 0 Å². The largest absolute Gasteiger partial charge is 0.495 e. The SMILES string of the molecule is COc1ccc(C(CC2CCC2)NN)c(OC)c1Br. The van der Waals surface area contributed by atoms with E-state index in [1.165, 1.54) is 19.3 Å². The highest BCUT2D eigenvalue weighted by Crippen LogP contribution is 2.42. The smallest absolute Gasteiger partial charge is 0.141 e. The molecule has 4 nitrogen and oxygen atoms in total. The first-order valence-corrected chi connectivity index (χ1v) is 7.37. The second-order valence-corrected chi connectivity index (χ2v) is 5.75. The summed E-state index contributed by atoms with van der Waals surface area (Å²) in [6.07, 6.45) is 4.99. The maximum absolute atomic E-state index is 5.72. The molecule has 106 valence electrons. The highest BCUT2D eigenvalue weighted by molar-refractivity contribution is 9.10. The van der Waals surface area contributed by atoms with E-state index in [-0.39, 0.29) is 6.04 Å². The zero-order valence-electron chi connectivity index (χ0n) is 11.4. The van der Waals surface area contributed by atoms with E-state index in [4.69, 9.17) is 15.3 Å². The van der Waals surface area contributed by atoms with E-state index in [9.17, 15) is 0 Å². The molecule has 1 saturated carbocycles. The lowest BCUT2D eigenvalue weighted by Crippen LogP contribution is -2.31. The number of methoxy groups -OCH3 is 2. The van der Waals surface area contributed by atoms with Gasteiger partial charge >= 0.3 is 0 Å². The Morgan fingerprint density at radius 1 is 1.37 bits per heavy atom. The Balaban J connectivity index is 2.27. The van der Waals surface area contributed by atoms with Crippen LogP contribution in [0.4, 0.5) is 0 Å². The Kier molecular flexibility index (Phi) is 5.07. The number of halogens is 1. The average molecular weight is 329 g/mol. The van der Waals surface area contributed by atoms with Crippen molar-refractivity contribution in [2.45, 2.75) is 31.7 Å². The highest BCUT2D eigenvalue weighted by Gasteiger charge is 2.25. The Hall–Kier alpha value is -0.780. The standard InChI is InChI=1S/C14H21BrN2O2/c1-18-12-7-6-10(14(19-2)13(12)15)11(17-16)8-9-4-3-5-9/h6-7,9,11,17H,3-5,8,16H2,1-2H3. The van der Waals surface area contributed by atoms with Crippen molar-refractivity contribution < 1.29 is 9.47 Å². The molecule has 0 aliphatic heterocycles. The number of nitrogens with two attached hydrogens (primary N) is 1. The Morgan fingerprint density at radius 3 is 2.58 bits per heavy atom. The fraction of sp³-hybridized carbons (Fsp3) is 0.571. The second kappa shape index (κ2) is 6.59. The number of hydrogen-bond donors (Lipinski definition) is 2. The third-order valence-electron chi connectivity index (χ3n) is 3.89. The fourth-order valence-electron chi connectivity index (χ4n) is 2.54. The number of benzene rings is 1. The normalized spacial score (nSPS) is 16.8. The van der Waals surface area contributed by atoms with Gasteiger partial charge in [-0.15, -0.1) is 0 Å². The first-order chi connectivity index (χ1) is 9.21. The van der Waals surface area contributed by atoms with Gasteiger partial charge in [-0.05, 0) is 40.4 Å². The molecule has 0 bridgehead atoms. The van der Waals surface area contributed by atoms with Gasteiger partial charge in [-0.3, -0.25) is 11.3 Å². The summed E-state index contributed by atoms with van der Waals surface area (Å²) in [5.74, 6) is 8.05. The number of hydrogen-bond acceptors (Lipinski definition) is 4. The highest BCUT2D eigenvalue weighted by atomic mass is 79.9. The monoisotopic (exact) mass is 328 g/mol. The summed E-state index contributed by atoms with van der Waals surface area (Å²) in [5.41, 5.74) is 3.99. The summed E-state index contributed by atoms with van der Waals surface area (Å²) < 4.78 is 11.6. The molecule has 2 rings (SSSR count). The summed E-state index contributed by atoms with van der Waals surface area (Å²) in [6, 6.07) is 4.07. The molecular weight excluding hydrogens is 308 g/mol. The van der Waals surface area contributed by atoms with E-state index < -0.39 is 0 Å². The third kappa shape index (κ3) is 3.04. The summed E-state index contributed by atoms with van der Waals surface area (Å²) >= 11 is 3.53. The third-order valence-corrected chi connectivity index (χ3v) is 4.64. The van der Waals surface area contributed by atoms with Crippen molar-refractivity contribution in [2.75, 3.05) is 14.2 Å². The Labute approximate surface area is 122 Å². The van der Waals surface area contributed by atoms with Gasteiger partial charge in [-0.25, -0.2) is 0 Å². The van der Waals surface area contributed by atoms with Crippen molar-refractivity contribution in [2.24, 2.45) is 11.8 Å². The van der Waals surface area contributed by atoms with Crippen LogP contribution in [0.5, 0.6) is 11.5 Å². The molecule has 1 aromatic carbocycles. The van der Waals surface area contributed by atoms with Crippen LogP contribution in [-0.4, -0.2) is 14.2 Å². The number of hydrazine groups is 1. The van der Waals surface area contributed by atoms with E-state index >= 15 is 0 Å². The second-order valence-electron chi connectivity index (χ2n) is 4.96. The zero-order chi connectivity index (χ0) is 13.8. The number of ether oxygens (including phenoxy) is 2. The van der Waals surface area contributed by atoms with Crippen LogP contribution in [0.25, 0.3) is 0 Å². The van der Waals surface area contributed by atoms with Crippen molar-refractivity contribution >= 4 is 15.9 Å². The van der Waals surface area contributed by atoms with Crippen molar-refractivity contribution in [3.63, 3.8) is 0 Å². The van der Waals surface area contributed by atoms with Gasteiger partial charge in [0.1, 0.15) is 16.0 Å². The van der Waals surface area contributed by atoms with Crippen molar-refractivity contribution in [1.29, 1.82) is 0 Å². The summed E-state index contributed by atoms with van der Waals surface area (Å²) in [7, 11) is 3.31. The zero-order valence-corrected chi connectivity index (χ0v) is 13.0. The molecule has 0 radical (unpaired) electrons. The van der Waals surface area contributed by atoms with E-state index in [2.05, 4.69) is 21.4 Å². The van der Waals surface area contributed by atoms with Crippen LogP contribution >= 0.6 is 15.9 Å².